The summed E-state index contributed by atoms with van der Waals surface area (Å²) >= 11 is 6.24. The van der Waals surface area contributed by atoms with Gasteiger partial charge in [-0.1, -0.05) is 29.8 Å². The summed E-state index contributed by atoms with van der Waals surface area (Å²) in [6.07, 6.45) is 0. The van der Waals surface area contributed by atoms with Crippen molar-refractivity contribution in [2.24, 2.45) is 0 Å². The van der Waals surface area contributed by atoms with Gasteiger partial charge in [-0.2, -0.15) is 0 Å². The monoisotopic (exact) mass is 459 g/mol. The van der Waals surface area contributed by atoms with Crippen molar-refractivity contribution >= 4 is 34.2 Å². The Bertz CT molecular complexity index is 1460. The van der Waals surface area contributed by atoms with Crippen molar-refractivity contribution in [2.45, 2.75) is 26.8 Å². The Labute approximate surface area is 196 Å². The van der Waals surface area contributed by atoms with E-state index >= 15 is 0 Å². The quantitative estimate of drug-likeness (QED) is 0.364. The Kier molecular flexibility index (Phi) is 5.22. The molecule has 2 heterocycles. The van der Waals surface area contributed by atoms with Crippen LogP contribution in [0.15, 0.2) is 69.9 Å². The van der Waals surface area contributed by atoms with Crippen molar-refractivity contribution in [1.29, 1.82) is 0 Å². The Morgan fingerprint density at radius 2 is 1.73 bits per heavy atom. The zero-order valence-electron chi connectivity index (χ0n) is 18.5. The molecule has 1 atom stereocenters. The van der Waals surface area contributed by atoms with E-state index in [0.29, 0.717) is 33.8 Å². The first kappa shape index (κ1) is 21.3. The topological polar surface area (TPSA) is 59.8 Å². The summed E-state index contributed by atoms with van der Waals surface area (Å²) in [4.78, 5) is 29.0. The van der Waals surface area contributed by atoms with E-state index in [1.807, 2.05) is 57.2 Å². The minimum atomic E-state index is -0.649. The van der Waals surface area contributed by atoms with Crippen LogP contribution >= 0.6 is 11.6 Å². The zero-order chi connectivity index (χ0) is 23.3. The Morgan fingerprint density at radius 1 is 1.00 bits per heavy atom. The fourth-order valence-electron chi connectivity index (χ4n) is 4.35. The molecule has 33 heavy (non-hydrogen) atoms. The third-order valence-corrected chi connectivity index (χ3v) is 6.31. The van der Waals surface area contributed by atoms with Crippen LogP contribution in [0.5, 0.6) is 5.75 Å². The van der Waals surface area contributed by atoms with Crippen molar-refractivity contribution in [1.82, 2.24) is 0 Å². The van der Waals surface area contributed by atoms with Gasteiger partial charge in [0.05, 0.1) is 23.6 Å². The fourth-order valence-corrected chi connectivity index (χ4v) is 4.53. The van der Waals surface area contributed by atoms with Gasteiger partial charge in [0.15, 0.2) is 5.43 Å². The maximum Gasteiger partial charge on any atom is 0.295 e. The van der Waals surface area contributed by atoms with Gasteiger partial charge in [-0.3, -0.25) is 14.5 Å². The lowest BCUT2D eigenvalue weighted by atomic mass is 9.97. The van der Waals surface area contributed by atoms with Crippen LogP contribution in [0.4, 0.5) is 5.69 Å². The predicted octanol–water partition coefficient (Wildman–Crippen LogP) is 6.21. The van der Waals surface area contributed by atoms with Gasteiger partial charge >= 0.3 is 0 Å². The summed E-state index contributed by atoms with van der Waals surface area (Å²) in [6, 6.07) is 17.5. The molecule has 3 aromatic carbocycles. The molecule has 0 saturated carbocycles. The number of amides is 1. The smallest absolute Gasteiger partial charge is 0.295 e. The standard InChI is InChI=1S/C27H22ClNO4/c1-4-32-20-10-8-17(9-11-20)24-23-25(30)21-12-15(2)16(3)13-22(21)33-26(23)27(31)29(24)19-7-5-6-18(28)14-19/h5-14,24H,4H2,1-3H3. The SMILES string of the molecule is CCOc1ccc(C2c3c(oc4cc(C)c(C)cc4c3=O)C(=O)N2c2cccc(Cl)c2)cc1. The minimum absolute atomic E-state index is 0.0645. The van der Waals surface area contributed by atoms with E-state index in [1.165, 1.54) is 0 Å². The highest BCUT2D eigenvalue weighted by Crippen LogP contribution is 2.42. The van der Waals surface area contributed by atoms with Gasteiger partial charge in [0, 0.05) is 10.7 Å². The Balaban J connectivity index is 1.78. The van der Waals surface area contributed by atoms with Crippen molar-refractivity contribution in [3.8, 4) is 5.75 Å². The normalized spacial score (nSPS) is 15.2. The zero-order valence-corrected chi connectivity index (χ0v) is 19.3. The van der Waals surface area contributed by atoms with E-state index in [9.17, 15) is 9.59 Å². The number of carbonyl (C=O) groups is 1. The van der Waals surface area contributed by atoms with E-state index in [-0.39, 0.29) is 17.1 Å². The molecule has 1 amide bonds. The second-order valence-corrected chi connectivity index (χ2v) is 8.60. The molecule has 166 valence electrons. The summed E-state index contributed by atoms with van der Waals surface area (Å²) in [5, 5.41) is 0.964. The van der Waals surface area contributed by atoms with Crippen LogP contribution in [0.1, 0.15) is 45.8 Å². The number of hydrogen-bond acceptors (Lipinski definition) is 4. The Morgan fingerprint density at radius 3 is 2.42 bits per heavy atom. The molecule has 1 aliphatic rings. The summed E-state index contributed by atoms with van der Waals surface area (Å²) in [6.45, 7) is 6.37. The number of nitrogens with zero attached hydrogens (tertiary/aromatic N) is 1. The number of aryl methyl sites for hydroxylation is 2. The summed E-state index contributed by atoms with van der Waals surface area (Å²) in [7, 11) is 0. The third-order valence-electron chi connectivity index (χ3n) is 6.08. The van der Waals surface area contributed by atoms with Crippen LogP contribution in [0.2, 0.25) is 5.02 Å². The van der Waals surface area contributed by atoms with Gasteiger partial charge in [-0.15, -0.1) is 0 Å². The number of fused-ring (bicyclic) bond motifs is 2. The number of rotatable bonds is 4. The average molecular weight is 460 g/mol. The van der Waals surface area contributed by atoms with Crippen LogP contribution in [0.25, 0.3) is 11.0 Å². The number of benzene rings is 3. The van der Waals surface area contributed by atoms with E-state index in [0.717, 1.165) is 22.4 Å². The average Bonchev–Trinajstić information content (AvgIpc) is 3.09. The fraction of sp³-hybridized carbons (Fsp3) is 0.185. The van der Waals surface area contributed by atoms with E-state index in [4.69, 9.17) is 20.8 Å². The predicted molar refractivity (Wildman–Crippen MR) is 130 cm³/mol. The first-order valence-corrected chi connectivity index (χ1v) is 11.2. The van der Waals surface area contributed by atoms with E-state index in [2.05, 4.69) is 0 Å². The largest absolute Gasteiger partial charge is 0.494 e. The number of hydrogen-bond donors (Lipinski definition) is 0. The molecule has 0 N–H and O–H groups in total. The van der Waals surface area contributed by atoms with Crippen molar-refractivity contribution in [2.75, 3.05) is 11.5 Å². The lowest BCUT2D eigenvalue weighted by molar-refractivity contribution is 0.0971. The molecule has 0 fully saturated rings. The van der Waals surface area contributed by atoms with Crippen molar-refractivity contribution < 1.29 is 13.9 Å². The number of anilines is 1. The molecule has 1 unspecified atom stereocenters. The molecule has 0 saturated heterocycles. The van der Waals surface area contributed by atoms with Gasteiger partial charge in [0.2, 0.25) is 5.76 Å². The highest BCUT2D eigenvalue weighted by Gasteiger charge is 2.43. The summed E-state index contributed by atoms with van der Waals surface area (Å²) < 4.78 is 11.6. The summed E-state index contributed by atoms with van der Waals surface area (Å²) in [5.41, 5.74) is 3.89. The molecule has 6 heteroatoms. The minimum Gasteiger partial charge on any atom is -0.494 e. The van der Waals surface area contributed by atoms with Crippen molar-refractivity contribution in [3.05, 3.63) is 104 Å². The van der Waals surface area contributed by atoms with Gasteiger partial charge in [-0.25, -0.2) is 0 Å². The number of halogens is 1. The second kappa shape index (κ2) is 8.09. The molecule has 1 aromatic heterocycles. The maximum atomic E-state index is 13.7. The number of carbonyl (C=O) groups excluding carboxylic acids is 1. The van der Waals surface area contributed by atoms with Gasteiger partial charge in [0.1, 0.15) is 11.3 Å². The van der Waals surface area contributed by atoms with Gasteiger partial charge < -0.3 is 9.15 Å². The maximum absolute atomic E-state index is 13.7. The first-order chi connectivity index (χ1) is 15.9. The van der Waals surface area contributed by atoms with Crippen LogP contribution in [-0.4, -0.2) is 12.5 Å². The molecular weight excluding hydrogens is 438 g/mol. The van der Waals surface area contributed by atoms with Crippen LogP contribution < -0.4 is 15.1 Å². The van der Waals surface area contributed by atoms with E-state index < -0.39 is 6.04 Å². The third kappa shape index (κ3) is 3.49. The molecular formula is C27H22ClNO4. The van der Waals surface area contributed by atoms with Gasteiger partial charge in [0.25, 0.3) is 5.91 Å². The first-order valence-electron chi connectivity index (χ1n) is 10.8. The number of ether oxygens (including phenoxy) is 1. The van der Waals surface area contributed by atoms with Crippen LogP contribution in [0.3, 0.4) is 0 Å². The highest BCUT2D eigenvalue weighted by atomic mass is 35.5. The van der Waals surface area contributed by atoms with E-state index in [1.54, 1.807) is 29.2 Å². The molecule has 0 bridgehead atoms. The lowest BCUT2D eigenvalue weighted by Crippen LogP contribution is -2.29. The molecule has 0 spiro atoms. The highest BCUT2D eigenvalue weighted by molar-refractivity contribution is 6.31. The second-order valence-electron chi connectivity index (χ2n) is 8.17. The molecule has 5 nitrogen and oxygen atoms in total. The molecule has 5 rings (SSSR count). The molecule has 4 aromatic rings. The lowest BCUT2D eigenvalue weighted by Gasteiger charge is -2.25. The molecule has 1 aliphatic heterocycles. The Hall–Kier alpha value is -3.57. The summed E-state index contributed by atoms with van der Waals surface area (Å²) in [5.74, 6) is 0.412. The van der Waals surface area contributed by atoms with Crippen LogP contribution in [-0.2, 0) is 0 Å². The molecule has 0 aliphatic carbocycles. The van der Waals surface area contributed by atoms with Crippen LogP contribution in [0, 0.1) is 13.8 Å². The van der Waals surface area contributed by atoms with Gasteiger partial charge in [-0.05, 0) is 79.9 Å². The molecule has 0 radical (unpaired) electrons. The van der Waals surface area contributed by atoms with Crippen molar-refractivity contribution in [3.63, 3.8) is 0 Å².